The van der Waals surface area contributed by atoms with Gasteiger partial charge in [0.1, 0.15) is 5.54 Å². The lowest BCUT2D eigenvalue weighted by Crippen LogP contribution is -2.55. The topological polar surface area (TPSA) is 26.8 Å². The summed E-state index contributed by atoms with van der Waals surface area (Å²) in [5.41, 5.74) is 5.68. The number of likely N-dealkylation sites (tertiary alicyclic amines) is 1. The van der Waals surface area contributed by atoms with Gasteiger partial charge >= 0.3 is 0 Å². The van der Waals surface area contributed by atoms with Crippen LogP contribution >= 0.6 is 0 Å². The number of carbonyl (C=O) groups is 1. The van der Waals surface area contributed by atoms with Crippen molar-refractivity contribution in [1.82, 2.24) is 14.7 Å². The molecule has 3 aliphatic rings. The molecule has 25 heavy (non-hydrogen) atoms. The highest BCUT2D eigenvalue weighted by molar-refractivity contribution is 5.88. The smallest absolute Gasteiger partial charge is 0.244 e. The van der Waals surface area contributed by atoms with E-state index in [-0.39, 0.29) is 5.54 Å². The van der Waals surface area contributed by atoms with Crippen molar-refractivity contribution in [2.75, 3.05) is 33.9 Å². The SMILES string of the molecule is Cc1cc2c(cc1C)C(N1CCC3(CC1)C(=O)N(C)CN3C)CCC2. The van der Waals surface area contributed by atoms with Crippen molar-refractivity contribution in [2.45, 2.75) is 57.5 Å². The number of hydrogen-bond acceptors (Lipinski definition) is 3. The average molecular weight is 341 g/mol. The molecule has 1 aromatic carbocycles. The van der Waals surface area contributed by atoms with Crippen molar-refractivity contribution in [1.29, 1.82) is 0 Å². The lowest BCUT2D eigenvalue weighted by Gasteiger charge is -2.45. The molecule has 1 aliphatic carbocycles. The molecular formula is C21H31N3O. The Morgan fingerprint density at radius 1 is 1.08 bits per heavy atom. The first kappa shape index (κ1) is 17.0. The number of carbonyl (C=O) groups excluding carboxylic acids is 1. The zero-order valence-corrected chi connectivity index (χ0v) is 16.1. The Balaban J connectivity index is 1.55. The second-order valence-corrected chi connectivity index (χ2v) is 8.45. The standard InChI is InChI=1S/C21H31N3O/c1-15-12-17-6-5-7-19(18(17)13-16(15)2)24-10-8-21(9-11-24)20(25)22(3)14-23(21)4/h12-13,19H,5-11,14H2,1-4H3. The highest BCUT2D eigenvalue weighted by atomic mass is 16.2. The summed E-state index contributed by atoms with van der Waals surface area (Å²) < 4.78 is 0. The molecule has 0 N–H and O–H groups in total. The zero-order chi connectivity index (χ0) is 17.8. The molecule has 1 atom stereocenters. The van der Waals surface area contributed by atoms with Crippen LogP contribution in [0.15, 0.2) is 12.1 Å². The van der Waals surface area contributed by atoms with Crippen LogP contribution in [-0.2, 0) is 11.2 Å². The van der Waals surface area contributed by atoms with Crippen LogP contribution < -0.4 is 0 Å². The summed E-state index contributed by atoms with van der Waals surface area (Å²) >= 11 is 0. The van der Waals surface area contributed by atoms with Gasteiger partial charge < -0.3 is 4.90 Å². The van der Waals surface area contributed by atoms with Gasteiger partial charge in [0.2, 0.25) is 5.91 Å². The molecule has 1 unspecified atom stereocenters. The number of nitrogens with zero attached hydrogens (tertiary/aromatic N) is 3. The van der Waals surface area contributed by atoms with E-state index in [0.29, 0.717) is 11.9 Å². The lowest BCUT2D eigenvalue weighted by molar-refractivity contribution is -0.135. The van der Waals surface area contributed by atoms with Crippen molar-refractivity contribution in [3.05, 3.63) is 34.4 Å². The maximum Gasteiger partial charge on any atom is 0.244 e. The maximum absolute atomic E-state index is 12.7. The fourth-order valence-electron chi connectivity index (χ4n) is 5.28. The minimum absolute atomic E-state index is 0.244. The molecule has 136 valence electrons. The molecule has 4 nitrogen and oxygen atoms in total. The van der Waals surface area contributed by atoms with Gasteiger partial charge in [-0.3, -0.25) is 14.6 Å². The first-order valence-electron chi connectivity index (χ1n) is 9.73. The summed E-state index contributed by atoms with van der Waals surface area (Å²) in [7, 11) is 4.04. The van der Waals surface area contributed by atoms with E-state index in [9.17, 15) is 4.79 Å². The van der Waals surface area contributed by atoms with Crippen LogP contribution in [-0.4, -0.2) is 60.0 Å². The number of piperidine rings is 1. The normalized spacial score (nSPS) is 27.1. The van der Waals surface area contributed by atoms with Gasteiger partial charge in [-0.1, -0.05) is 12.1 Å². The highest BCUT2D eigenvalue weighted by Gasteiger charge is 2.51. The van der Waals surface area contributed by atoms with Crippen LogP contribution in [0.4, 0.5) is 0 Å². The number of amides is 1. The molecular weight excluding hydrogens is 310 g/mol. The second kappa shape index (κ2) is 6.10. The summed E-state index contributed by atoms with van der Waals surface area (Å²) in [6, 6.07) is 5.38. The van der Waals surface area contributed by atoms with Gasteiger partial charge in [-0.2, -0.15) is 0 Å². The van der Waals surface area contributed by atoms with Crippen LogP contribution in [0.2, 0.25) is 0 Å². The predicted molar refractivity (Wildman–Crippen MR) is 101 cm³/mol. The van der Waals surface area contributed by atoms with Crippen molar-refractivity contribution in [2.24, 2.45) is 0 Å². The number of hydrogen-bond donors (Lipinski definition) is 0. The first-order chi connectivity index (χ1) is 11.9. The fourth-order valence-corrected chi connectivity index (χ4v) is 5.28. The van der Waals surface area contributed by atoms with Crippen LogP contribution in [0.1, 0.15) is 54.0 Å². The van der Waals surface area contributed by atoms with Crippen molar-refractivity contribution in [3.63, 3.8) is 0 Å². The monoisotopic (exact) mass is 341 g/mol. The third-order valence-electron chi connectivity index (χ3n) is 7.00. The van der Waals surface area contributed by atoms with Gasteiger partial charge in [-0.05, 0) is 75.3 Å². The average Bonchev–Trinajstić information content (AvgIpc) is 2.80. The molecule has 0 aromatic heterocycles. The Morgan fingerprint density at radius 2 is 1.76 bits per heavy atom. The molecule has 1 aromatic rings. The molecule has 0 saturated carbocycles. The Morgan fingerprint density at radius 3 is 2.40 bits per heavy atom. The number of aryl methyl sites for hydroxylation is 3. The van der Waals surface area contributed by atoms with Crippen LogP contribution in [0.5, 0.6) is 0 Å². The summed E-state index contributed by atoms with van der Waals surface area (Å²) in [5, 5.41) is 0. The van der Waals surface area contributed by atoms with Gasteiger partial charge in [0, 0.05) is 26.2 Å². The Kier molecular flexibility index (Phi) is 4.16. The number of rotatable bonds is 1. The molecule has 2 fully saturated rings. The van der Waals surface area contributed by atoms with Gasteiger partial charge in [0.05, 0.1) is 6.67 Å². The van der Waals surface area contributed by atoms with E-state index in [1.807, 2.05) is 11.9 Å². The summed E-state index contributed by atoms with van der Waals surface area (Å²) in [4.78, 5) is 19.5. The van der Waals surface area contributed by atoms with Gasteiger partial charge in [0.15, 0.2) is 0 Å². The third kappa shape index (κ3) is 2.61. The molecule has 4 heteroatoms. The molecule has 1 spiro atoms. The molecule has 0 radical (unpaired) electrons. The van der Waals surface area contributed by atoms with Crippen molar-refractivity contribution >= 4 is 5.91 Å². The van der Waals surface area contributed by atoms with Crippen molar-refractivity contribution in [3.8, 4) is 0 Å². The molecule has 2 aliphatic heterocycles. The first-order valence-corrected chi connectivity index (χ1v) is 9.73. The minimum atomic E-state index is -0.244. The molecule has 2 saturated heterocycles. The van der Waals surface area contributed by atoms with Crippen LogP contribution in [0.3, 0.4) is 0 Å². The van der Waals surface area contributed by atoms with E-state index in [0.717, 1.165) is 32.6 Å². The number of likely N-dealkylation sites (N-methyl/N-ethyl adjacent to an activating group) is 2. The summed E-state index contributed by atoms with van der Waals surface area (Å²) in [6.07, 6.45) is 5.68. The Hall–Kier alpha value is -1.39. The van der Waals surface area contributed by atoms with Crippen LogP contribution in [0, 0.1) is 13.8 Å². The van der Waals surface area contributed by atoms with Gasteiger partial charge in [-0.25, -0.2) is 0 Å². The Labute approximate surface area is 151 Å². The quantitative estimate of drug-likeness (QED) is 0.786. The van der Waals surface area contributed by atoms with E-state index in [4.69, 9.17) is 0 Å². The fraction of sp³-hybridized carbons (Fsp3) is 0.667. The van der Waals surface area contributed by atoms with Crippen LogP contribution in [0.25, 0.3) is 0 Å². The number of fused-ring (bicyclic) bond motifs is 1. The zero-order valence-electron chi connectivity index (χ0n) is 16.1. The molecule has 0 bridgehead atoms. The summed E-state index contributed by atoms with van der Waals surface area (Å²) in [5.74, 6) is 0.324. The summed E-state index contributed by atoms with van der Waals surface area (Å²) in [6.45, 7) is 7.28. The minimum Gasteiger partial charge on any atom is -0.331 e. The molecule has 1 amide bonds. The van der Waals surface area contributed by atoms with E-state index in [1.165, 1.54) is 30.4 Å². The molecule has 2 heterocycles. The maximum atomic E-state index is 12.7. The van der Waals surface area contributed by atoms with E-state index in [1.54, 1.807) is 11.1 Å². The Bertz CT molecular complexity index is 691. The van der Waals surface area contributed by atoms with E-state index < -0.39 is 0 Å². The predicted octanol–water partition coefficient (Wildman–Crippen LogP) is 2.88. The van der Waals surface area contributed by atoms with Gasteiger partial charge in [0.25, 0.3) is 0 Å². The number of benzene rings is 1. The van der Waals surface area contributed by atoms with E-state index in [2.05, 4.69) is 42.8 Å². The largest absolute Gasteiger partial charge is 0.331 e. The van der Waals surface area contributed by atoms with Gasteiger partial charge in [-0.15, -0.1) is 0 Å². The second-order valence-electron chi connectivity index (χ2n) is 8.45. The third-order valence-corrected chi connectivity index (χ3v) is 7.00. The van der Waals surface area contributed by atoms with E-state index >= 15 is 0 Å². The molecule has 4 rings (SSSR count). The lowest BCUT2D eigenvalue weighted by atomic mass is 9.81. The van der Waals surface area contributed by atoms with Crippen molar-refractivity contribution < 1.29 is 4.79 Å². The highest BCUT2D eigenvalue weighted by Crippen LogP contribution is 2.41.